The SMILES string of the molecule is C=CC(C)(/C=C/c1ccc(N(C)C)cc1)CC=NCC(=O)NCCSSCCNC(O)C[n+]1ccc(/C=C/c2ccc(N(C)C)cc2)cc1. The summed E-state index contributed by atoms with van der Waals surface area (Å²) < 4.78 is 1.97. The number of aromatic nitrogens is 1. The molecule has 3 aromatic rings. The minimum absolute atomic E-state index is 0.0834. The fourth-order valence-electron chi connectivity index (χ4n) is 4.51. The van der Waals surface area contributed by atoms with Crippen molar-refractivity contribution in [1.29, 1.82) is 0 Å². The molecule has 0 fully saturated rings. The summed E-state index contributed by atoms with van der Waals surface area (Å²) in [5.74, 6) is 1.57. The van der Waals surface area contributed by atoms with Crippen molar-refractivity contribution in [3.8, 4) is 0 Å². The lowest BCUT2D eigenvalue weighted by Gasteiger charge is -2.19. The summed E-state index contributed by atoms with van der Waals surface area (Å²) in [6, 6.07) is 20.9. The predicted octanol–water partition coefficient (Wildman–Crippen LogP) is 6.05. The Morgan fingerprint density at radius 1 is 0.878 bits per heavy atom. The third-order valence-electron chi connectivity index (χ3n) is 7.76. The zero-order valence-electron chi connectivity index (χ0n) is 29.6. The van der Waals surface area contributed by atoms with Crippen molar-refractivity contribution in [1.82, 2.24) is 10.6 Å². The minimum Gasteiger partial charge on any atom is -0.378 e. The number of nitrogens with zero attached hydrogens (tertiary/aromatic N) is 4. The molecule has 1 amide bonds. The van der Waals surface area contributed by atoms with Crippen LogP contribution in [0.25, 0.3) is 18.2 Å². The summed E-state index contributed by atoms with van der Waals surface area (Å²) in [4.78, 5) is 20.7. The van der Waals surface area contributed by atoms with Gasteiger partial charge in [-0.05, 0) is 47.4 Å². The average molecular weight is 702 g/mol. The highest BCUT2D eigenvalue weighted by Gasteiger charge is 2.15. The minimum atomic E-state index is -0.632. The van der Waals surface area contributed by atoms with E-state index in [1.54, 1.807) is 21.6 Å². The van der Waals surface area contributed by atoms with E-state index in [2.05, 4.69) is 112 Å². The molecule has 0 spiro atoms. The molecule has 2 unspecified atom stereocenters. The van der Waals surface area contributed by atoms with E-state index in [1.165, 1.54) is 5.69 Å². The van der Waals surface area contributed by atoms with Crippen LogP contribution >= 0.6 is 21.6 Å². The normalized spacial score (nSPS) is 13.5. The van der Waals surface area contributed by atoms with Crippen LogP contribution in [0.5, 0.6) is 0 Å². The standard InChI is InChI=1S/C39H52N6O2S2/c1-7-39(2,21-18-33-12-16-36(17-13-33)44(5)6)22-23-40-30-37(46)41-24-28-48-49-29-25-42-38(47)31-45-26-19-34(20-27-45)9-8-32-10-14-35(15-11-32)43(3)4/h7-21,23,26-27,38,42,47H,1,22,24-25,28-31H2,2-6H3/p+1/b21-18+,40-23?. The summed E-state index contributed by atoms with van der Waals surface area (Å²) in [6.45, 7) is 7.96. The topological polar surface area (TPSA) is 84.1 Å². The first-order valence-electron chi connectivity index (χ1n) is 16.5. The van der Waals surface area contributed by atoms with Gasteiger partial charge in [0, 0.05) is 87.9 Å². The molecule has 0 saturated carbocycles. The molecule has 0 saturated heterocycles. The summed E-state index contributed by atoms with van der Waals surface area (Å²) in [5, 5.41) is 16.5. The van der Waals surface area contributed by atoms with Gasteiger partial charge in [-0.3, -0.25) is 15.1 Å². The second-order valence-electron chi connectivity index (χ2n) is 12.4. The monoisotopic (exact) mass is 701 g/mol. The molecular formula is C39H53N6O2S2+. The molecule has 8 nitrogen and oxygen atoms in total. The van der Waals surface area contributed by atoms with E-state index in [1.807, 2.05) is 69.6 Å². The maximum atomic E-state index is 12.2. The molecule has 1 heterocycles. The first-order valence-corrected chi connectivity index (χ1v) is 19.0. The van der Waals surface area contributed by atoms with Crippen LogP contribution in [0.1, 0.15) is 30.0 Å². The van der Waals surface area contributed by atoms with Crippen LogP contribution in [0.15, 0.2) is 96.8 Å². The maximum absolute atomic E-state index is 12.2. The summed E-state index contributed by atoms with van der Waals surface area (Å²) in [5.41, 5.74) is 5.47. The van der Waals surface area contributed by atoms with E-state index in [-0.39, 0.29) is 17.9 Å². The van der Waals surface area contributed by atoms with E-state index >= 15 is 0 Å². The summed E-state index contributed by atoms with van der Waals surface area (Å²) >= 11 is 0. The second kappa shape index (κ2) is 21.3. The highest BCUT2D eigenvalue weighted by Crippen LogP contribution is 2.25. The number of benzene rings is 2. The van der Waals surface area contributed by atoms with E-state index in [0.717, 1.165) is 33.9 Å². The van der Waals surface area contributed by atoms with Crippen molar-refractivity contribution in [2.75, 3.05) is 69.1 Å². The number of aliphatic imine (C=N–C) groups is 1. The van der Waals surface area contributed by atoms with Gasteiger partial charge in [-0.25, -0.2) is 4.57 Å². The second-order valence-corrected chi connectivity index (χ2v) is 15.1. The smallest absolute Gasteiger partial charge is 0.241 e. The lowest BCUT2D eigenvalue weighted by atomic mass is 9.86. The van der Waals surface area contributed by atoms with Gasteiger partial charge in [0.25, 0.3) is 0 Å². The highest BCUT2D eigenvalue weighted by atomic mass is 33.1. The van der Waals surface area contributed by atoms with Crippen molar-refractivity contribution in [3.63, 3.8) is 0 Å². The number of carbonyl (C=O) groups is 1. The van der Waals surface area contributed by atoms with Crippen molar-refractivity contribution in [2.24, 2.45) is 10.4 Å². The largest absolute Gasteiger partial charge is 0.378 e. The Morgan fingerprint density at radius 3 is 1.96 bits per heavy atom. The van der Waals surface area contributed by atoms with E-state index < -0.39 is 6.23 Å². The number of aliphatic hydroxyl groups is 1. The Hall–Kier alpha value is -3.83. The Labute approximate surface area is 301 Å². The van der Waals surface area contributed by atoms with Gasteiger partial charge >= 0.3 is 0 Å². The molecule has 49 heavy (non-hydrogen) atoms. The Morgan fingerprint density at radius 2 is 1.41 bits per heavy atom. The van der Waals surface area contributed by atoms with Gasteiger partial charge in [-0.2, -0.15) is 0 Å². The molecule has 0 aliphatic heterocycles. The zero-order valence-corrected chi connectivity index (χ0v) is 31.2. The van der Waals surface area contributed by atoms with Crippen LogP contribution in [0.4, 0.5) is 11.4 Å². The van der Waals surface area contributed by atoms with Crippen molar-refractivity contribution in [3.05, 3.63) is 108 Å². The van der Waals surface area contributed by atoms with Gasteiger partial charge in [0.2, 0.25) is 5.91 Å². The number of amides is 1. The number of carbonyl (C=O) groups excluding carboxylic acids is 1. The van der Waals surface area contributed by atoms with Crippen molar-refractivity contribution >= 4 is 63.3 Å². The number of nitrogens with one attached hydrogen (secondary N) is 2. The van der Waals surface area contributed by atoms with Crippen LogP contribution in [-0.4, -0.2) is 82.8 Å². The van der Waals surface area contributed by atoms with Crippen LogP contribution in [0.3, 0.4) is 0 Å². The van der Waals surface area contributed by atoms with E-state index in [4.69, 9.17) is 0 Å². The first-order chi connectivity index (χ1) is 23.6. The third kappa shape index (κ3) is 15.5. The van der Waals surface area contributed by atoms with Crippen molar-refractivity contribution in [2.45, 2.75) is 26.1 Å². The first kappa shape index (κ1) is 39.6. The fraction of sp³-hybridized carbons (Fsp3) is 0.359. The predicted molar refractivity (Wildman–Crippen MR) is 214 cm³/mol. The summed E-state index contributed by atoms with van der Waals surface area (Å²) in [7, 11) is 11.6. The number of rotatable bonds is 21. The van der Waals surface area contributed by atoms with Gasteiger partial charge in [0.1, 0.15) is 6.54 Å². The zero-order chi connectivity index (χ0) is 35.5. The molecule has 0 aliphatic rings. The number of hydrogen-bond donors (Lipinski definition) is 3. The molecule has 0 bridgehead atoms. The van der Waals surface area contributed by atoms with E-state index in [9.17, 15) is 9.90 Å². The molecule has 2 aromatic carbocycles. The molecule has 0 radical (unpaired) electrons. The van der Waals surface area contributed by atoms with Crippen LogP contribution < -0.4 is 25.0 Å². The molecular weight excluding hydrogens is 649 g/mol. The van der Waals surface area contributed by atoms with Crippen LogP contribution in [0.2, 0.25) is 0 Å². The molecule has 0 aliphatic carbocycles. The summed E-state index contributed by atoms with van der Waals surface area (Å²) in [6.07, 6.45) is 16.1. The Bertz CT molecular complexity index is 1510. The van der Waals surface area contributed by atoms with Gasteiger partial charge in [-0.15, -0.1) is 6.58 Å². The van der Waals surface area contributed by atoms with Gasteiger partial charge in [0.15, 0.2) is 25.2 Å². The number of pyridine rings is 1. The third-order valence-corrected chi connectivity index (χ3v) is 10.2. The number of aliphatic hydroxyl groups excluding tert-OH is 1. The lowest BCUT2D eigenvalue weighted by Crippen LogP contribution is -2.45. The molecule has 2 atom stereocenters. The number of hydrogen-bond acceptors (Lipinski definition) is 8. The van der Waals surface area contributed by atoms with Crippen LogP contribution in [-0.2, 0) is 11.3 Å². The molecule has 3 N–H and O–H groups in total. The Kier molecular flexibility index (Phi) is 17.2. The quantitative estimate of drug-likeness (QED) is 0.0312. The van der Waals surface area contributed by atoms with Gasteiger partial charge in [0.05, 0.1) is 0 Å². The molecule has 3 rings (SSSR count). The highest BCUT2D eigenvalue weighted by molar-refractivity contribution is 8.76. The van der Waals surface area contributed by atoms with E-state index in [0.29, 0.717) is 26.1 Å². The number of allylic oxidation sites excluding steroid dienone is 2. The maximum Gasteiger partial charge on any atom is 0.241 e. The van der Waals surface area contributed by atoms with Crippen molar-refractivity contribution < 1.29 is 14.5 Å². The molecule has 10 heteroatoms. The molecule has 262 valence electrons. The lowest BCUT2D eigenvalue weighted by molar-refractivity contribution is -0.704. The van der Waals surface area contributed by atoms with Gasteiger partial charge in [-0.1, -0.05) is 83.2 Å². The fourth-order valence-corrected chi connectivity index (χ4v) is 6.34. The molecule has 1 aromatic heterocycles. The number of anilines is 2. The average Bonchev–Trinajstić information content (AvgIpc) is 3.10. The Balaban J connectivity index is 1.22. The van der Waals surface area contributed by atoms with Crippen LogP contribution in [0, 0.1) is 5.41 Å². The van der Waals surface area contributed by atoms with Gasteiger partial charge < -0.3 is 20.2 Å².